The van der Waals surface area contributed by atoms with Gasteiger partial charge in [-0.25, -0.2) is 0 Å². The fourth-order valence-corrected chi connectivity index (χ4v) is 3.46. The number of aromatic nitrogens is 1. The Labute approximate surface area is 161 Å². The minimum absolute atomic E-state index is 0.306. The molecule has 0 bridgehead atoms. The van der Waals surface area contributed by atoms with E-state index in [1.54, 1.807) is 18.2 Å². The van der Waals surface area contributed by atoms with E-state index in [-0.39, 0.29) is 0 Å². The Bertz CT molecular complexity index is 979. The maximum atomic E-state index is 6.37. The summed E-state index contributed by atoms with van der Waals surface area (Å²) in [4.78, 5) is 0. The van der Waals surface area contributed by atoms with E-state index in [1.165, 1.54) is 0 Å². The van der Waals surface area contributed by atoms with Crippen LogP contribution in [0.1, 0.15) is 35.6 Å². The molecule has 0 N–H and O–H groups in total. The van der Waals surface area contributed by atoms with Gasteiger partial charge >= 0.3 is 0 Å². The van der Waals surface area contributed by atoms with Crippen molar-refractivity contribution in [2.75, 3.05) is 0 Å². The van der Waals surface area contributed by atoms with Crippen LogP contribution in [0.2, 0.25) is 10.0 Å². The van der Waals surface area contributed by atoms with Crippen molar-refractivity contribution in [3.05, 3.63) is 69.4 Å². The average Bonchev–Trinajstić information content (AvgIpc) is 3.41. The lowest BCUT2D eigenvalue weighted by Crippen LogP contribution is -2.00. The van der Waals surface area contributed by atoms with Gasteiger partial charge in [-0.3, -0.25) is 0 Å². The lowest BCUT2D eigenvalue weighted by atomic mass is 10.0. The Morgan fingerprint density at radius 2 is 1.88 bits per heavy atom. The number of terminal acetylenes is 1. The van der Waals surface area contributed by atoms with Crippen LogP contribution >= 0.6 is 23.2 Å². The Morgan fingerprint density at radius 1 is 1.15 bits per heavy atom. The van der Waals surface area contributed by atoms with E-state index in [2.05, 4.69) is 11.1 Å². The Balaban J connectivity index is 1.70. The van der Waals surface area contributed by atoms with Crippen LogP contribution in [-0.2, 0) is 6.61 Å². The van der Waals surface area contributed by atoms with Crippen LogP contribution in [0.15, 0.2) is 47.0 Å². The molecule has 5 heteroatoms. The van der Waals surface area contributed by atoms with Crippen LogP contribution in [0, 0.1) is 12.3 Å². The quantitative estimate of drug-likeness (QED) is 0.500. The van der Waals surface area contributed by atoms with Crippen molar-refractivity contribution in [2.45, 2.75) is 25.4 Å². The van der Waals surface area contributed by atoms with Gasteiger partial charge in [-0.05, 0) is 43.2 Å². The fraction of sp³-hybridized carbons (Fsp3) is 0.190. The van der Waals surface area contributed by atoms with Gasteiger partial charge in [0.15, 0.2) is 0 Å². The van der Waals surface area contributed by atoms with E-state index in [1.807, 2.05) is 24.3 Å². The molecule has 0 spiro atoms. The predicted molar refractivity (Wildman–Crippen MR) is 103 cm³/mol. The van der Waals surface area contributed by atoms with Gasteiger partial charge in [0.1, 0.15) is 23.8 Å². The van der Waals surface area contributed by atoms with Gasteiger partial charge in [-0.2, -0.15) is 0 Å². The lowest BCUT2D eigenvalue weighted by Gasteiger charge is -2.09. The van der Waals surface area contributed by atoms with Crippen LogP contribution in [0.3, 0.4) is 0 Å². The van der Waals surface area contributed by atoms with Crippen molar-refractivity contribution in [3.63, 3.8) is 0 Å². The molecule has 1 saturated carbocycles. The first-order valence-electron chi connectivity index (χ1n) is 8.29. The summed E-state index contributed by atoms with van der Waals surface area (Å²) in [5.41, 5.74) is 2.95. The third kappa shape index (κ3) is 3.31. The molecule has 0 unspecified atom stereocenters. The highest BCUT2D eigenvalue weighted by Gasteiger charge is 2.33. The molecule has 4 rings (SSSR count). The number of benzene rings is 2. The van der Waals surface area contributed by atoms with E-state index < -0.39 is 0 Å². The molecule has 0 radical (unpaired) electrons. The molecule has 0 atom stereocenters. The second kappa shape index (κ2) is 7.07. The molecule has 1 aliphatic rings. The van der Waals surface area contributed by atoms with E-state index >= 15 is 0 Å². The molecule has 130 valence electrons. The van der Waals surface area contributed by atoms with E-state index in [9.17, 15) is 0 Å². The van der Waals surface area contributed by atoms with Crippen molar-refractivity contribution in [3.8, 4) is 29.4 Å². The number of hydrogen-bond donors (Lipinski definition) is 0. The lowest BCUT2D eigenvalue weighted by molar-refractivity contribution is 0.300. The largest absolute Gasteiger partial charge is 0.489 e. The molecular weight excluding hydrogens is 369 g/mol. The molecule has 3 nitrogen and oxygen atoms in total. The maximum Gasteiger partial charge on any atom is 0.147 e. The first-order chi connectivity index (χ1) is 12.7. The van der Waals surface area contributed by atoms with Gasteiger partial charge in [0.25, 0.3) is 0 Å². The zero-order valence-corrected chi connectivity index (χ0v) is 15.3. The smallest absolute Gasteiger partial charge is 0.147 e. The topological polar surface area (TPSA) is 35.3 Å². The van der Waals surface area contributed by atoms with E-state index in [0.717, 1.165) is 29.7 Å². The fourth-order valence-electron chi connectivity index (χ4n) is 2.88. The predicted octanol–water partition coefficient (Wildman–Crippen LogP) is 6.09. The summed E-state index contributed by atoms with van der Waals surface area (Å²) in [6.07, 6.45) is 7.63. The van der Waals surface area contributed by atoms with Crippen LogP contribution < -0.4 is 4.74 Å². The van der Waals surface area contributed by atoms with Gasteiger partial charge in [0, 0.05) is 17.0 Å². The summed E-state index contributed by atoms with van der Waals surface area (Å²) in [5.74, 6) is 4.53. The molecule has 0 saturated heterocycles. The van der Waals surface area contributed by atoms with Gasteiger partial charge in [-0.15, -0.1) is 6.42 Å². The minimum atomic E-state index is 0.306. The van der Waals surface area contributed by atoms with Crippen LogP contribution in [0.5, 0.6) is 5.75 Å². The highest BCUT2D eigenvalue weighted by Crippen LogP contribution is 2.46. The van der Waals surface area contributed by atoms with Gasteiger partial charge in [0.2, 0.25) is 0 Å². The molecule has 1 fully saturated rings. The second-order valence-corrected chi connectivity index (χ2v) is 7.02. The molecule has 1 aliphatic carbocycles. The molecule has 0 aliphatic heterocycles. The van der Waals surface area contributed by atoms with Crippen molar-refractivity contribution in [2.24, 2.45) is 0 Å². The van der Waals surface area contributed by atoms with E-state index in [4.69, 9.17) is 38.9 Å². The Hall–Kier alpha value is -2.41. The third-order valence-electron chi connectivity index (χ3n) is 4.35. The molecule has 0 amide bonds. The molecule has 1 heterocycles. The summed E-state index contributed by atoms with van der Waals surface area (Å²) >= 11 is 12.7. The van der Waals surface area contributed by atoms with Crippen molar-refractivity contribution >= 4 is 23.2 Å². The highest BCUT2D eigenvalue weighted by atomic mass is 35.5. The molecule has 3 aromatic rings. The zero-order valence-electron chi connectivity index (χ0n) is 13.8. The molecule has 1 aromatic heterocycles. The highest BCUT2D eigenvalue weighted by molar-refractivity contribution is 6.39. The third-order valence-corrected chi connectivity index (χ3v) is 4.98. The zero-order chi connectivity index (χ0) is 18.1. The van der Waals surface area contributed by atoms with Crippen molar-refractivity contribution < 1.29 is 9.26 Å². The second-order valence-electron chi connectivity index (χ2n) is 6.21. The van der Waals surface area contributed by atoms with Gasteiger partial charge in [-0.1, -0.05) is 46.4 Å². The number of rotatable bonds is 5. The average molecular weight is 384 g/mol. The van der Waals surface area contributed by atoms with Crippen molar-refractivity contribution in [1.82, 2.24) is 5.16 Å². The SMILES string of the molecule is C#Cc1cccc(OCc2c(-c3c(Cl)cccc3Cl)noc2C2CC2)c1. The minimum Gasteiger partial charge on any atom is -0.489 e. The van der Waals surface area contributed by atoms with Gasteiger partial charge < -0.3 is 9.26 Å². The number of ether oxygens (including phenoxy) is 1. The van der Waals surface area contributed by atoms with E-state index in [0.29, 0.717) is 39.6 Å². The number of hydrogen-bond acceptors (Lipinski definition) is 3. The summed E-state index contributed by atoms with van der Waals surface area (Å²) < 4.78 is 11.6. The van der Waals surface area contributed by atoms with Gasteiger partial charge in [0.05, 0.1) is 15.6 Å². The Kier molecular flexibility index (Phi) is 4.63. The summed E-state index contributed by atoms with van der Waals surface area (Å²) in [6, 6.07) is 12.8. The maximum absolute atomic E-state index is 6.37. The van der Waals surface area contributed by atoms with Crippen LogP contribution in [-0.4, -0.2) is 5.16 Å². The Morgan fingerprint density at radius 3 is 2.58 bits per heavy atom. The number of halogens is 2. The first kappa shape index (κ1) is 17.0. The summed E-state index contributed by atoms with van der Waals surface area (Å²) in [6.45, 7) is 0.306. The monoisotopic (exact) mass is 383 g/mol. The van der Waals surface area contributed by atoms with Crippen molar-refractivity contribution in [1.29, 1.82) is 0 Å². The molecular formula is C21H15Cl2NO2. The number of nitrogens with zero attached hydrogens (tertiary/aromatic N) is 1. The first-order valence-corrected chi connectivity index (χ1v) is 9.05. The summed E-state index contributed by atoms with van der Waals surface area (Å²) in [7, 11) is 0. The van der Waals surface area contributed by atoms with Crippen LogP contribution in [0.4, 0.5) is 0 Å². The van der Waals surface area contributed by atoms with Crippen LogP contribution in [0.25, 0.3) is 11.3 Å². The normalized spacial score (nSPS) is 13.4. The molecule has 2 aromatic carbocycles. The summed E-state index contributed by atoms with van der Waals surface area (Å²) in [5, 5.41) is 5.32. The molecule has 26 heavy (non-hydrogen) atoms. The standard InChI is InChI=1S/C21H15Cl2NO2/c1-2-13-5-3-6-15(11-13)25-12-16-20(24-26-21(16)14-9-10-14)19-17(22)7-4-8-18(19)23/h1,3-8,11,14H,9-10,12H2.